The molecule has 6 heteroatoms. The summed E-state index contributed by atoms with van der Waals surface area (Å²) >= 11 is 0. The van der Waals surface area contributed by atoms with E-state index in [4.69, 9.17) is 20.2 Å². The normalized spacial score (nSPS) is 24.0. The van der Waals surface area contributed by atoms with E-state index >= 15 is 0 Å². The van der Waals surface area contributed by atoms with E-state index in [1.54, 1.807) is 19.1 Å². The highest BCUT2D eigenvalue weighted by Crippen LogP contribution is 2.39. The van der Waals surface area contributed by atoms with Gasteiger partial charge in [-0.3, -0.25) is 0 Å². The lowest BCUT2D eigenvalue weighted by atomic mass is 9.97. The molecule has 0 aromatic heterocycles. The minimum Gasteiger partial charge on any atom is -0.487 e. The molecule has 0 aliphatic carbocycles. The van der Waals surface area contributed by atoms with Crippen LogP contribution in [0.15, 0.2) is 23.1 Å². The lowest BCUT2D eigenvalue weighted by Gasteiger charge is -2.27. The van der Waals surface area contributed by atoms with Crippen LogP contribution >= 0.6 is 10.7 Å². The van der Waals surface area contributed by atoms with Crippen LogP contribution in [0.3, 0.4) is 0 Å². The monoisotopic (exact) mass is 332 g/mol. The highest BCUT2D eigenvalue weighted by molar-refractivity contribution is 8.13. The third-order valence-corrected chi connectivity index (χ3v) is 5.16. The second kappa shape index (κ2) is 5.14. The third kappa shape index (κ3) is 3.71. The van der Waals surface area contributed by atoms with Gasteiger partial charge in [0.2, 0.25) is 0 Å². The third-order valence-electron chi connectivity index (χ3n) is 3.68. The molecule has 118 valence electrons. The predicted octanol–water partition coefficient (Wildman–Crippen LogP) is 3.65. The van der Waals surface area contributed by atoms with E-state index in [2.05, 4.69) is 0 Å². The molecule has 1 atom stereocenters. The Bertz CT molecular complexity index is 650. The summed E-state index contributed by atoms with van der Waals surface area (Å²) in [6, 6.07) is 4.79. The molecule has 0 saturated carbocycles. The number of ether oxygens (including phenoxy) is 2. The van der Waals surface area contributed by atoms with E-state index in [1.807, 2.05) is 27.7 Å². The summed E-state index contributed by atoms with van der Waals surface area (Å²) in [6.45, 7) is 9.76. The van der Waals surface area contributed by atoms with Gasteiger partial charge in [0.1, 0.15) is 17.5 Å². The van der Waals surface area contributed by atoms with E-state index in [-0.39, 0.29) is 16.6 Å². The molecule has 1 unspecified atom stereocenters. The predicted molar refractivity (Wildman–Crippen MR) is 82.5 cm³/mol. The Kier molecular flexibility index (Phi) is 4.06. The van der Waals surface area contributed by atoms with Crippen molar-refractivity contribution in [2.75, 3.05) is 0 Å². The van der Waals surface area contributed by atoms with Crippen LogP contribution in [-0.4, -0.2) is 25.7 Å². The standard InChI is InChI=1S/C15H21ClO4S/c1-10-8-11(6-7-12(10)21(16,17)18)19-13-9-14(2,3)20-15(13,4)5/h6-8,13H,9H2,1-5H3. The lowest BCUT2D eigenvalue weighted by molar-refractivity contribution is -0.0846. The van der Waals surface area contributed by atoms with Gasteiger partial charge >= 0.3 is 0 Å². The summed E-state index contributed by atoms with van der Waals surface area (Å²) < 4.78 is 34.8. The lowest BCUT2D eigenvalue weighted by Crippen LogP contribution is -2.36. The van der Waals surface area contributed by atoms with Crippen molar-refractivity contribution in [1.29, 1.82) is 0 Å². The van der Waals surface area contributed by atoms with Gasteiger partial charge in [0.25, 0.3) is 9.05 Å². The van der Waals surface area contributed by atoms with E-state index in [0.29, 0.717) is 11.3 Å². The number of rotatable bonds is 3. The van der Waals surface area contributed by atoms with Crippen molar-refractivity contribution in [1.82, 2.24) is 0 Å². The van der Waals surface area contributed by atoms with Crippen molar-refractivity contribution < 1.29 is 17.9 Å². The summed E-state index contributed by atoms with van der Waals surface area (Å²) in [4.78, 5) is 0.110. The number of hydrogen-bond donors (Lipinski definition) is 0. The van der Waals surface area contributed by atoms with Gasteiger partial charge in [-0.1, -0.05) is 0 Å². The van der Waals surface area contributed by atoms with Gasteiger partial charge in [-0.15, -0.1) is 0 Å². The molecule has 1 fully saturated rings. The number of halogens is 1. The Hall–Kier alpha value is -0.780. The molecule has 1 saturated heterocycles. The molecule has 1 heterocycles. The van der Waals surface area contributed by atoms with Crippen molar-refractivity contribution in [2.45, 2.75) is 63.2 Å². The molecule has 2 rings (SSSR count). The topological polar surface area (TPSA) is 52.6 Å². The number of aryl methyl sites for hydroxylation is 1. The molecule has 1 aliphatic heterocycles. The average Bonchev–Trinajstić information content (AvgIpc) is 2.44. The molecular weight excluding hydrogens is 312 g/mol. The largest absolute Gasteiger partial charge is 0.487 e. The van der Waals surface area contributed by atoms with E-state index in [0.717, 1.165) is 6.42 Å². The first kappa shape index (κ1) is 16.6. The van der Waals surface area contributed by atoms with Gasteiger partial charge in [-0.05, 0) is 58.4 Å². The van der Waals surface area contributed by atoms with Crippen molar-refractivity contribution in [3.8, 4) is 5.75 Å². The van der Waals surface area contributed by atoms with Crippen LogP contribution in [0.5, 0.6) is 5.75 Å². The maximum absolute atomic E-state index is 11.4. The fourth-order valence-electron chi connectivity index (χ4n) is 2.83. The minimum absolute atomic E-state index is 0.0923. The van der Waals surface area contributed by atoms with Crippen LogP contribution in [0.4, 0.5) is 0 Å². The fraction of sp³-hybridized carbons (Fsp3) is 0.600. The van der Waals surface area contributed by atoms with Gasteiger partial charge in [0.15, 0.2) is 0 Å². The Labute approximate surface area is 130 Å². The van der Waals surface area contributed by atoms with Crippen LogP contribution in [-0.2, 0) is 13.8 Å². The van der Waals surface area contributed by atoms with Gasteiger partial charge in [0.05, 0.1) is 10.5 Å². The first-order valence-electron chi connectivity index (χ1n) is 6.83. The first-order chi connectivity index (χ1) is 9.41. The van der Waals surface area contributed by atoms with Crippen molar-refractivity contribution in [3.05, 3.63) is 23.8 Å². The molecule has 1 aliphatic rings. The molecule has 0 radical (unpaired) electrons. The second-order valence-corrected chi connectivity index (χ2v) is 9.18. The molecule has 1 aromatic carbocycles. The molecular formula is C15H21ClO4S. The Morgan fingerprint density at radius 3 is 2.33 bits per heavy atom. The SMILES string of the molecule is Cc1cc(OC2CC(C)(C)OC2(C)C)ccc1S(=O)(=O)Cl. The van der Waals surface area contributed by atoms with Gasteiger partial charge < -0.3 is 9.47 Å². The zero-order valence-corrected chi connectivity index (χ0v) is 14.5. The molecule has 21 heavy (non-hydrogen) atoms. The zero-order valence-electron chi connectivity index (χ0n) is 12.9. The van der Waals surface area contributed by atoms with Crippen molar-refractivity contribution >= 4 is 19.7 Å². The van der Waals surface area contributed by atoms with Crippen molar-refractivity contribution in [3.63, 3.8) is 0 Å². The molecule has 0 amide bonds. The second-order valence-electron chi connectivity index (χ2n) is 6.64. The molecule has 0 N–H and O–H groups in total. The van der Waals surface area contributed by atoms with Crippen LogP contribution in [0.1, 0.15) is 39.7 Å². The van der Waals surface area contributed by atoms with Gasteiger partial charge in [-0.2, -0.15) is 0 Å². The Balaban J connectivity index is 2.24. The Morgan fingerprint density at radius 1 is 1.29 bits per heavy atom. The van der Waals surface area contributed by atoms with E-state index in [9.17, 15) is 8.42 Å². The summed E-state index contributed by atoms with van der Waals surface area (Å²) in [5.74, 6) is 0.621. The Morgan fingerprint density at radius 2 is 1.90 bits per heavy atom. The first-order valence-corrected chi connectivity index (χ1v) is 9.14. The van der Waals surface area contributed by atoms with Gasteiger partial charge in [-0.25, -0.2) is 8.42 Å². The molecule has 1 aromatic rings. The van der Waals surface area contributed by atoms with Gasteiger partial charge in [0, 0.05) is 17.1 Å². The maximum atomic E-state index is 11.4. The van der Waals surface area contributed by atoms with Crippen LogP contribution in [0.25, 0.3) is 0 Å². The quantitative estimate of drug-likeness (QED) is 0.793. The molecule has 0 bridgehead atoms. The summed E-state index contributed by atoms with van der Waals surface area (Å²) in [7, 11) is 1.65. The minimum atomic E-state index is -3.73. The number of benzene rings is 1. The smallest absolute Gasteiger partial charge is 0.261 e. The maximum Gasteiger partial charge on any atom is 0.261 e. The summed E-state index contributed by atoms with van der Waals surface area (Å²) in [6.07, 6.45) is 0.680. The highest BCUT2D eigenvalue weighted by Gasteiger charge is 2.47. The highest BCUT2D eigenvalue weighted by atomic mass is 35.7. The number of hydrogen-bond acceptors (Lipinski definition) is 4. The van der Waals surface area contributed by atoms with E-state index in [1.165, 1.54) is 6.07 Å². The van der Waals surface area contributed by atoms with Crippen LogP contribution < -0.4 is 4.74 Å². The summed E-state index contributed by atoms with van der Waals surface area (Å²) in [5.41, 5.74) is -0.0597. The molecule has 4 nitrogen and oxygen atoms in total. The summed E-state index contributed by atoms with van der Waals surface area (Å²) in [5, 5.41) is 0. The fourth-order valence-corrected chi connectivity index (χ4v) is 4.02. The van der Waals surface area contributed by atoms with E-state index < -0.39 is 14.7 Å². The van der Waals surface area contributed by atoms with Crippen LogP contribution in [0.2, 0.25) is 0 Å². The zero-order chi connectivity index (χ0) is 16.1. The average molecular weight is 333 g/mol. The molecule has 0 spiro atoms. The van der Waals surface area contributed by atoms with Crippen molar-refractivity contribution in [2.24, 2.45) is 0 Å². The van der Waals surface area contributed by atoms with Crippen LogP contribution in [0, 0.1) is 6.92 Å².